The summed E-state index contributed by atoms with van der Waals surface area (Å²) in [5.41, 5.74) is 6.21. The van der Waals surface area contributed by atoms with E-state index < -0.39 is 5.91 Å². The van der Waals surface area contributed by atoms with Crippen LogP contribution in [0.15, 0.2) is 9.72 Å². The molecule has 6 nitrogen and oxygen atoms in total. The zero-order valence-corrected chi connectivity index (χ0v) is 13.3. The van der Waals surface area contributed by atoms with E-state index in [4.69, 9.17) is 5.73 Å². The summed E-state index contributed by atoms with van der Waals surface area (Å²) in [5.74, 6) is 1.59. The van der Waals surface area contributed by atoms with Crippen molar-refractivity contribution in [1.82, 2.24) is 19.7 Å². The number of thiazole rings is 1. The Balaban J connectivity index is 2.12. The van der Waals surface area contributed by atoms with Gasteiger partial charge in [-0.25, -0.2) is 14.6 Å². The molecule has 2 N–H and O–H groups in total. The largest absolute Gasteiger partial charge is 0.369 e. The Morgan fingerprint density at radius 2 is 2.25 bits per heavy atom. The lowest BCUT2D eigenvalue weighted by Gasteiger charge is -2.08. The van der Waals surface area contributed by atoms with Crippen molar-refractivity contribution in [2.45, 2.75) is 43.3 Å². The third kappa shape index (κ3) is 3.80. The maximum Gasteiger partial charge on any atom is 0.225 e. The number of nitrogens with zero attached hydrogens (tertiary/aromatic N) is 4. The summed E-state index contributed by atoms with van der Waals surface area (Å²) < 4.78 is 2.85. The van der Waals surface area contributed by atoms with Crippen LogP contribution in [0, 0.1) is 6.92 Å². The minimum atomic E-state index is -0.416. The smallest absolute Gasteiger partial charge is 0.225 e. The van der Waals surface area contributed by atoms with Crippen molar-refractivity contribution >= 4 is 29.0 Å². The van der Waals surface area contributed by atoms with Gasteiger partial charge in [-0.15, -0.1) is 11.3 Å². The number of thioether (sulfide) groups is 1. The fourth-order valence-corrected chi connectivity index (χ4v) is 3.44. The molecule has 1 amide bonds. The molecule has 20 heavy (non-hydrogen) atoms. The van der Waals surface area contributed by atoms with Gasteiger partial charge in [0.15, 0.2) is 10.2 Å². The number of hydrogen-bond acceptors (Lipinski definition) is 6. The fourth-order valence-electron chi connectivity index (χ4n) is 1.67. The summed E-state index contributed by atoms with van der Waals surface area (Å²) in [4.78, 5) is 19.8. The molecule has 108 valence electrons. The predicted octanol–water partition coefficient (Wildman–Crippen LogP) is 1.94. The highest BCUT2D eigenvalue weighted by molar-refractivity contribution is 8.00. The highest BCUT2D eigenvalue weighted by atomic mass is 32.2. The first-order valence-corrected chi connectivity index (χ1v) is 8.09. The maximum absolute atomic E-state index is 11.0. The Kier molecular flexibility index (Phi) is 4.77. The zero-order valence-electron chi connectivity index (χ0n) is 11.7. The number of rotatable bonds is 6. The molecule has 0 saturated heterocycles. The van der Waals surface area contributed by atoms with Crippen LogP contribution in [0.4, 0.5) is 0 Å². The number of primary amides is 1. The fraction of sp³-hybridized carbons (Fsp3) is 0.500. The van der Waals surface area contributed by atoms with E-state index in [-0.39, 0.29) is 12.5 Å². The second-order valence-corrected chi connectivity index (χ2v) is 6.75. The van der Waals surface area contributed by atoms with Crippen molar-refractivity contribution in [3.63, 3.8) is 0 Å². The van der Waals surface area contributed by atoms with Gasteiger partial charge in [0.25, 0.3) is 0 Å². The quantitative estimate of drug-likeness (QED) is 0.824. The highest BCUT2D eigenvalue weighted by Crippen LogP contribution is 2.26. The zero-order chi connectivity index (χ0) is 14.7. The lowest BCUT2D eigenvalue weighted by Crippen LogP contribution is -2.15. The summed E-state index contributed by atoms with van der Waals surface area (Å²) in [6.07, 6.45) is 0.0771. The molecule has 2 heterocycles. The summed E-state index contributed by atoms with van der Waals surface area (Å²) in [5, 5.41) is 6.36. The first-order valence-electron chi connectivity index (χ1n) is 6.23. The van der Waals surface area contributed by atoms with Gasteiger partial charge in [0.2, 0.25) is 5.91 Å². The van der Waals surface area contributed by atoms with Gasteiger partial charge in [-0.1, -0.05) is 11.8 Å². The molecule has 2 aromatic heterocycles. The van der Waals surface area contributed by atoms with Gasteiger partial charge in [0, 0.05) is 17.1 Å². The third-order valence-electron chi connectivity index (χ3n) is 2.49. The number of carbonyl (C=O) groups is 1. The number of carbonyl (C=O) groups excluding carboxylic acids is 1. The van der Waals surface area contributed by atoms with E-state index in [9.17, 15) is 4.79 Å². The van der Waals surface area contributed by atoms with E-state index in [0.717, 1.165) is 15.9 Å². The van der Waals surface area contributed by atoms with Gasteiger partial charge < -0.3 is 5.73 Å². The number of hydrogen-bond donors (Lipinski definition) is 1. The normalized spacial score (nSPS) is 11.2. The third-order valence-corrected chi connectivity index (χ3v) is 4.62. The van der Waals surface area contributed by atoms with Crippen molar-refractivity contribution in [2.75, 3.05) is 0 Å². The van der Waals surface area contributed by atoms with Gasteiger partial charge in [-0.2, -0.15) is 5.10 Å². The summed E-state index contributed by atoms with van der Waals surface area (Å²) in [6.45, 7) is 6.04. The molecule has 0 unspecified atom stereocenters. The molecule has 2 rings (SSSR count). The molecular formula is C12H17N5OS2. The van der Waals surface area contributed by atoms with Crippen molar-refractivity contribution in [3.05, 3.63) is 22.7 Å². The van der Waals surface area contributed by atoms with E-state index in [2.05, 4.69) is 15.1 Å². The van der Waals surface area contributed by atoms with Crippen LogP contribution in [0.5, 0.6) is 0 Å². The Morgan fingerprint density at radius 3 is 2.80 bits per heavy atom. The molecule has 0 bridgehead atoms. The SMILES string of the molecule is Cc1csc(SCc2nc(CC(N)=O)nn2C(C)C)n1. The Hall–Kier alpha value is -1.41. The summed E-state index contributed by atoms with van der Waals surface area (Å²) in [6, 6.07) is 0.192. The number of aromatic nitrogens is 4. The Morgan fingerprint density at radius 1 is 1.50 bits per heavy atom. The van der Waals surface area contributed by atoms with E-state index >= 15 is 0 Å². The van der Waals surface area contributed by atoms with Crippen molar-refractivity contribution in [3.8, 4) is 0 Å². The second kappa shape index (κ2) is 6.36. The molecule has 0 fully saturated rings. The van der Waals surface area contributed by atoms with Crippen LogP contribution in [-0.4, -0.2) is 25.7 Å². The van der Waals surface area contributed by atoms with E-state index in [1.807, 2.05) is 30.8 Å². The summed E-state index contributed by atoms with van der Waals surface area (Å²) in [7, 11) is 0. The predicted molar refractivity (Wildman–Crippen MR) is 79.7 cm³/mol. The molecule has 0 saturated carbocycles. The second-order valence-electron chi connectivity index (χ2n) is 4.67. The van der Waals surface area contributed by atoms with Crippen LogP contribution >= 0.6 is 23.1 Å². The molecule has 8 heteroatoms. The minimum absolute atomic E-state index is 0.0771. The average Bonchev–Trinajstić information content (AvgIpc) is 2.92. The molecule has 0 aliphatic rings. The lowest BCUT2D eigenvalue weighted by atomic mass is 10.4. The molecule has 0 atom stereocenters. The molecule has 0 aliphatic heterocycles. The molecule has 2 aromatic rings. The van der Waals surface area contributed by atoms with E-state index in [1.54, 1.807) is 23.1 Å². The van der Waals surface area contributed by atoms with Gasteiger partial charge in [-0.05, 0) is 20.8 Å². The van der Waals surface area contributed by atoms with E-state index in [1.165, 1.54) is 0 Å². The molecular weight excluding hydrogens is 294 g/mol. The van der Waals surface area contributed by atoms with Crippen molar-refractivity contribution < 1.29 is 4.79 Å². The molecule has 0 aliphatic carbocycles. The topological polar surface area (TPSA) is 86.7 Å². The standard InChI is InChI=1S/C12H17N5OS2/c1-7(2)17-11(15-10(16-17)4-9(13)18)6-20-12-14-8(3)5-19-12/h5,7H,4,6H2,1-3H3,(H2,13,18). The van der Waals surface area contributed by atoms with Gasteiger partial charge in [0.05, 0.1) is 12.2 Å². The number of nitrogens with two attached hydrogens (primary N) is 1. The molecule has 0 radical (unpaired) electrons. The maximum atomic E-state index is 11.0. The van der Waals surface area contributed by atoms with Crippen molar-refractivity contribution in [1.29, 1.82) is 0 Å². The van der Waals surface area contributed by atoms with Crippen LogP contribution in [0.1, 0.15) is 37.2 Å². The summed E-state index contributed by atoms with van der Waals surface area (Å²) >= 11 is 3.25. The molecule has 0 spiro atoms. The highest BCUT2D eigenvalue weighted by Gasteiger charge is 2.14. The monoisotopic (exact) mass is 311 g/mol. The molecule has 0 aromatic carbocycles. The van der Waals surface area contributed by atoms with Crippen LogP contribution in [0.3, 0.4) is 0 Å². The van der Waals surface area contributed by atoms with Crippen LogP contribution in [0.25, 0.3) is 0 Å². The minimum Gasteiger partial charge on any atom is -0.369 e. The van der Waals surface area contributed by atoms with Gasteiger partial charge in [-0.3, -0.25) is 4.79 Å². The van der Waals surface area contributed by atoms with Crippen LogP contribution in [0.2, 0.25) is 0 Å². The van der Waals surface area contributed by atoms with Crippen molar-refractivity contribution in [2.24, 2.45) is 5.73 Å². The Bertz CT molecular complexity index is 605. The van der Waals surface area contributed by atoms with Gasteiger partial charge >= 0.3 is 0 Å². The lowest BCUT2D eigenvalue weighted by molar-refractivity contribution is -0.117. The first-order chi connectivity index (χ1) is 9.45. The first kappa shape index (κ1) is 15.0. The number of aryl methyl sites for hydroxylation is 1. The van der Waals surface area contributed by atoms with Crippen LogP contribution in [-0.2, 0) is 17.0 Å². The Labute approximate surface area is 125 Å². The van der Waals surface area contributed by atoms with Crippen LogP contribution < -0.4 is 5.73 Å². The van der Waals surface area contributed by atoms with Gasteiger partial charge in [0.1, 0.15) is 5.82 Å². The van der Waals surface area contributed by atoms with E-state index in [0.29, 0.717) is 11.6 Å². The average molecular weight is 311 g/mol. The number of amides is 1.